The summed E-state index contributed by atoms with van der Waals surface area (Å²) in [5.41, 5.74) is 5.24. The minimum Gasteiger partial charge on any atom is -0.464 e. The molecule has 1 aliphatic carbocycles. The molecule has 1 fully saturated rings. The van der Waals surface area contributed by atoms with Crippen LogP contribution in [0.5, 0.6) is 0 Å². The van der Waals surface area contributed by atoms with Gasteiger partial charge in [-0.2, -0.15) is 0 Å². The van der Waals surface area contributed by atoms with Crippen molar-refractivity contribution in [2.45, 2.75) is 57.4 Å². The topological polar surface area (TPSA) is 90.1 Å². The molecule has 6 nitrogen and oxygen atoms in total. The first-order valence-corrected chi connectivity index (χ1v) is 9.93. The number of nitrogens with zero attached hydrogens (tertiary/aromatic N) is 2. The van der Waals surface area contributed by atoms with Crippen LogP contribution in [0.2, 0.25) is 0 Å². The van der Waals surface area contributed by atoms with Crippen molar-refractivity contribution in [1.29, 1.82) is 0 Å². The zero-order valence-corrected chi connectivity index (χ0v) is 15.3. The van der Waals surface area contributed by atoms with Crippen LogP contribution in [0.3, 0.4) is 0 Å². The number of hydrogen-bond acceptors (Lipinski definition) is 7. The van der Waals surface area contributed by atoms with E-state index in [4.69, 9.17) is 10.5 Å². The number of esters is 1. The molecule has 1 saturated carbocycles. The van der Waals surface area contributed by atoms with Gasteiger partial charge in [0.2, 0.25) is 0 Å². The minimum atomic E-state index is -0.368. The molecule has 2 aromatic rings. The highest BCUT2D eigenvalue weighted by Crippen LogP contribution is 2.30. The van der Waals surface area contributed by atoms with Gasteiger partial charge in [0, 0.05) is 17.3 Å². The number of nitrogens with two attached hydrogens (primary N) is 1. The summed E-state index contributed by atoms with van der Waals surface area (Å²) in [7, 11) is 0. The molecule has 0 atom stereocenters. The quantitative estimate of drug-likeness (QED) is 0.767. The second-order valence-corrected chi connectivity index (χ2v) is 7.63. The van der Waals surface area contributed by atoms with Crippen LogP contribution in [0, 0.1) is 0 Å². The van der Waals surface area contributed by atoms with Gasteiger partial charge < -0.3 is 15.8 Å². The molecule has 0 bridgehead atoms. The van der Waals surface area contributed by atoms with Crippen molar-refractivity contribution < 1.29 is 9.53 Å². The number of carbonyl (C=O) groups is 1. The van der Waals surface area contributed by atoms with Gasteiger partial charge in [0.15, 0.2) is 0 Å². The Bertz CT molecular complexity index is 695. The molecular formula is C18H26N4O2S. The van der Waals surface area contributed by atoms with Gasteiger partial charge >= 0.3 is 5.97 Å². The monoisotopic (exact) mass is 362 g/mol. The van der Waals surface area contributed by atoms with E-state index in [1.54, 1.807) is 17.7 Å². The van der Waals surface area contributed by atoms with E-state index >= 15 is 0 Å². The van der Waals surface area contributed by atoms with Crippen LogP contribution in [0.15, 0.2) is 12.4 Å². The number of ether oxygens (including phenoxy) is 1. The van der Waals surface area contributed by atoms with Gasteiger partial charge in [-0.25, -0.2) is 9.97 Å². The number of thiophene rings is 1. The van der Waals surface area contributed by atoms with Crippen LogP contribution in [0.1, 0.15) is 49.8 Å². The lowest BCUT2D eigenvalue weighted by Crippen LogP contribution is -2.21. The predicted molar refractivity (Wildman–Crippen MR) is 101 cm³/mol. The lowest BCUT2D eigenvalue weighted by molar-refractivity contribution is -0.141. The van der Waals surface area contributed by atoms with E-state index in [0.29, 0.717) is 19.1 Å². The highest BCUT2D eigenvalue weighted by molar-refractivity contribution is 7.18. The summed E-state index contributed by atoms with van der Waals surface area (Å²) in [6.07, 6.45) is 11.3. The number of aromatic nitrogens is 2. The lowest BCUT2D eigenvalue weighted by Gasteiger charge is -2.21. The van der Waals surface area contributed by atoms with Crippen LogP contribution in [-0.2, 0) is 16.0 Å². The molecule has 0 spiro atoms. The molecule has 25 heavy (non-hydrogen) atoms. The SMILES string of the molecule is NCC(=O)OCCc1cc2c(NC3CCCCCCC3)ncnc2s1. The minimum absolute atomic E-state index is 0.0760. The van der Waals surface area contributed by atoms with E-state index in [9.17, 15) is 4.79 Å². The van der Waals surface area contributed by atoms with Crippen molar-refractivity contribution >= 4 is 33.3 Å². The molecule has 0 radical (unpaired) electrons. The average molecular weight is 362 g/mol. The Balaban J connectivity index is 1.67. The maximum atomic E-state index is 11.1. The van der Waals surface area contributed by atoms with Crippen molar-refractivity contribution in [2.75, 3.05) is 18.5 Å². The normalized spacial score (nSPS) is 16.4. The zero-order valence-electron chi connectivity index (χ0n) is 14.5. The van der Waals surface area contributed by atoms with Crippen molar-refractivity contribution in [3.63, 3.8) is 0 Å². The largest absolute Gasteiger partial charge is 0.464 e. The summed E-state index contributed by atoms with van der Waals surface area (Å²) in [6.45, 7) is 0.273. The molecule has 7 heteroatoms. The Morgan fingerprint density at radius 2 is 2.00 bits per heavy atom. The van der Waals surface area contributed by atoms with Crippen LogP contribution in [-0.4, -0.2) is 35.1 Å². The van der Waals surface area contributed by atoms with Crippen molar-refractivity contribution in [3.8, 4) is 0 Å². The van der Waals surface area contributed by atoms with Crippen molar-refractivity contribution in [3.05, 3.63) is 17.3 Å². The average Bonchev–Trinajstić information content (AvgIpc) is 3.00. The molecule has 0 unspecified atom stereocenters. The van der Waals surface area contributed by atoms with E-state index < -0.39 is 0 Å². The molecule has 3 N–H and O–H groups in total. The third kappa shape index (κ3) is 5.12. The van der Waals surface area contributed by atoms with Gasteiger partial charge in [-0.15, -0.1) is 11.3 Å². The number of anilines is 1. The Morgan fingerprint density at radius 1 is 1.24 bits per heavy atom. The van der Waals surface area contributed by atoms with Gasteiger partial charge in [0.25, 0.3) is 0 Å². The van der Waals surface area contributed by atoms with Crippen LogP contribution < -0.4 is 11.1 Å². The Hall–Kier alpha value is -1.73. The number of carbonyl (C=O) groups excluding carboxylic acids is 1. The summed E-state index contributed by atoms with van der Waals surface area (Å²) < 4.78 is 5.06. The highest BCUT2D eigenvalue weighted by Gasteiger charge is 2.15. The third-order valence-electron chi connectivity index (χ3n) is 4.60. The summed E-state index contributed by atoms with van der Waals surface area (Å²) in [4.78, 5) is 22.1. The van der Waals surface area contributed by atoms with Crippen molar-refractivity contribution in [1.82, 2.24) is 9.97 Å². The summed E-state index contributed by atoms with van der Waals surface area (Å²) in [5, 5.41) is 4.71. The van der Waals surface area contributed by atoms with E-state index in [1.807, 2.05) is 0 Å². The first-order valence-electron chi connectivity index (χ1n) is 9.12. The maximum absolute atomic E-state index is 11.1. The van der Waals surface area contributed by atoms with E-state index in [0.717, 1.165) is 20.9 Å². The van der Waals surface area contributed by atoms with Gasteiger partial charge in [-0.3, -0.25) is 4.79 Å². The fourth-order valence-corrected chi connectivity index (χ4v) is 4.24. The zero-order chi connectivity index (χ0) is 17.5. The molecule has 0 aromatic carbocycles. The highest BCUT2D eigenvalue weighted by atomic mass is 32.1. The molecular weight excluding hydrogens is 336 g/mol. The summed E-state index contributed by atoms with van der Waals surface area (Å²) in [6, 6.07) is 2.61. The van der Waals surface area contributed by atoms with E-state index in [-0.39, 0.29) is 12.5 Å². The smallest absolute Gasteiger partial charge is 0.319 e. The lowest BCUT2D eigenvalue weighted by atomic mass is 9.97. The summed E-state index contributed by atoms with van der Waals surface area (Å²) in [5.74, 6) is 0.560. The van der Waals surface area contributed by atoms with E-state index in [1.165, 1.54) is 44.9 Å². The molecule has 2 aromatic heterocycles. The van der Waals surface area contributed by atoms with Crippen LogP contribution in [0.25, 0.3) is 10.2 Å². The second-order valence-electron chi connectivity index (χ2n) is 6.51. The van der Waals surface area contributed by atoms with Crippen molar-refractivity contribution in [2.24, 2.45) is 5.73 Å². The van der Waals surface area contributed by atoms with Crippen LogP contribution >= 0.6 is 11.3 Å². The molecule has 0 amide bonds. The Kier molecular flexibility index (Phi) is 6.58. The number of nitrogens with one attached hydrogen (secondary N) is 1. The molecule has 0 saturated heterocycles. The molecule has 2 heterocycles. The Morgan fingerprint density at radius 3 is 2.76 bits per heavy atom. The van der Waals surface area contributed by atoms with Gasteiger partial charge in [-0.05, 0) is 18.9 Å². The number of rotatable bonds is 6. The van der Waals surface area contributed by atoms with Gasteiger partial charge in [0.1, 0.15) is 17.0 Å². The van der Waals surface area contributed by atoms with Gasteiger partial charge in [0.05, 0.1) is 18.5 Å². The first kappa shape index (κ1) is 18.1. The standard InChI is InChI=1S/C18H26N4O2S/c19-11-16(23)24-9-8-14-10-15-17(20-12-21-18(15)25-14)22-13-6-4-2-1-3-5-7-13/h10,12-13H,1-9,11,19H2,(H,20,21,22). The predicted octanol–water partition coefficient (Wildman–Crippen LogP) is 3.26. The number of hydrogen-bond donors (Lipinski definition) is 2. The third-order valence-corrected chi connectivity index (χ3v) is 5.71. The molecule has 136 valence electrons. The molecule has 3 rings (SSSR count). The maximum Gasteiger partial charge on any atom is 0.319 e. The Labute approximate surface area is 152 Å². The van der Waals surface area contributed by atoms with Crippen LogP contribution in [0.4, 0.5) is 5.82 Å². The molecule has 0 aliphatic heterocycles. The van der Waals surface area contributed by atoms with Gasteiger partial charge in [-0.1, -0.05) is 32.1 Å². The first-order chi connectivity index (χ1) is 12.3. The second kappa shape index (κ2) is 9.10. The summed E-state index contributed by atoms with van der Waals surface area (Å²) >= 11 is 1.63. The van der Waals surface area contributed by atoms with E-state index in [2.05, 4.69) is 21.4 Å². The fourth-order valence-electron chi connectivity index (χ4n) is 3.26. The number of fused-ring (bicyclic) bond motifs is 1. The fraction of sp³-hybridized carbons (Fsp3) is 0.611. The molecule has 1 aliphatic rings.